The Morgan fingerprint density at radius 1 is 0.913 bits per heavy atom. The van der Waals surface area contributed by atoms with E-state index in [-0.39, 0.29) is 0 Å². The molecular weight excluding hydrogens is 308 g/mol. The Bertz CT molecular complexity index is 945. The van der Waals surface area contributed by atoms with Crippen molar-refractivity contribution in [2.45, 2.75) is 6.92 Å². The lowest BCUT2D eigenvalue weighted by Crippen LogP contribution is -1.89. The fourth-order valence-electron chi connectivity index (χ4n) is 2.40. The Morgan fingerprint density at radius 2 is 1.74 bits per heavy atom. The molecule has 0 radical (unpaired) electrons. The summed E-state index contributed by atoms with van der Waals surface area (Å²) in [5.74, 6) is 0. The monoisotopic (exact) mass is 320 g/mol. The third kappa shape index (κ3) is 2.62. The van der Waals surface area contributed by atoms with Crippen LogP contribution >= 0.6 is 11.7 Å². The highest BCUT2D eigenvalue weighted by molar-refractivity contribution is 6.99. The van der Waals surface area contributed by atoms with E-state index in [2.05, 4.69) is 29.1 Å². The lowest BCUT2D eigenvalue weighted by molar-refractivity contribution is 0.942. The Hall–Kier alpha value is -2.93. The maximum atomic E-state index is 4.53. The van der Waals surface area contributed by atoms with Gasteiger partial charge in [-0.1, -0.05) is 24.3 Å². The molecule has 0 fully saturated rings. The quantitative estimate of drug-likeness (QED) is 0.626. The molecule has 0 aliphatic carbocycles. The van der Waals surface area contributed by atoms with Crippen LogP contribution in [0.4, 0.5) is 0 Å². The average molecular weight is 320 g/mol. The van der Waals surface area contributed by atoms with Gasteiger partial charge in [-0.15, -0.1) is 0 Å². The van der Waals surface area contributed by atoms with Crippen LogP contribution in [0.3, 0.4) is 0 Å². The predicted molar refractivity (Wildman–Crippen MR) is 88.7 cm³/mol. The van der Waals surface area contributed by atoms with E-state index < -0.39 is 0 Å². The van der Waals surface area contributed by atoms with Crippen molar-refractivity contribution in [3.63, 3.8) is 0 Å². The summed E-state index contributed by atoms with van der Waals surface area (Å²) in [4.78, 5) is 4.53. The minimum absolute atomic E-state index is 0.738. The van der Waals surface area contributed by atoms with Gasteiger partial charge < -0.3 is 0 Å². The number of nitrogens with zero attached hydrogens (tertiary/aromatic N) is 5. The standard InChI is InChI=1S/C16H12N6S/c1-10-4-2-7-13(18-10)16-15(19-22-20-16)12-6-3-5-11(8-12)14-9-17-23-21-14/h2-9H,1H3,(H,19,20,22). The molecule has 0 saturated heterocycles. The van der Waals surface area contributed by atoms with Crippen molar-refractivity contribution in [3.05, 3.63) is 54.4 Å². The molecule has 7 heteroatoms. The molecule has 0 amide bonds. The number of H-pyrrole nitrogens is 1. The van der Waals surface area contributed by atoms with Gasteiger partial charge in [-0.05, 0) is 25.1 Å². The van der Waals surface area contributed by atoms with Crippen LogP contribution in [-0.4, -0.2) is 29.1 Å². The molecule has 0 aliphatic heterocycles. The molecule has 23 heavy (non-hydrogen) atoms. The van der Waals surface area contributed by atoms with Crippen LogP contribution in [-0.2, 0) is 0 Å². The van der Waals surface area contributed by atoms with Gasteiger partial charge in [0.1, 0.15) is 17.1 Å². The van der Waals surface area contributed by atoms with Gasteiger partial charge in [0.2, 0.25) is 0 Å². The Labute approximate surface area is 136 Å². The zero-order valence-electron chi connectivity index (χ0n) is 12.3. The average Bonchev–Trinajstić information content (AvgIpc) is 3.27. The zero-order valence-corrected chi connectivity index (χ0v) is 13.1. The van der Waals surface area contributed by atoms with Crippen LogP contribution in [0.15, 0.2) is 48.7 Å². The summed E-state index contributed by atoms with van der Waals surface area (Å²) in [6.07, 6.45) is 1.76. The van der Waals surface area contributed by atoms with Crippen molar-refractivity contribution in [2.75, 3.05) is 0 Å². The first kappa shape index (κ1) is 13.7. The number of benzene rings is 1. The van der Waals surface area contributed by atoms with Gasteiger partial charge in [0.25, 0.3) is 0 Å². The van der Waals surface area contributed by atoms with Crippen LogP contribution in [0.5, 0.6) is 0 Å². The largest absolute Gasteiger partial charge is 0.251 e. The first-order valence-corrected chi connectivity index (χ1v) is 7.77. The maximum absolute atomic E-state index is 4.53. The van der Waals surface area contributed by atoms with E-state index in [0.717, 1.165) is 39.6 Å². The van der Waals surface area contributed by atoms with E-state index in [1.54, 1.807) is 6.20 Å². The van der Waals surface area contributed by atoms with Gasteiger partial charge in [0.15, 0.2) is 0 Å². The summed E-state index contributed by atoms with van der Waals surface area (Å²) >= 11 is 1.20. The van der Waals surface area contributed by atoms with E-state index >= 15 is 0 Å². The molecule has 4 rings (SSSR count). The summed E-state index contributed by atoms with van der Waals surface area (Å²) < 4.78 is 8.33. The summed E-state index contributed by atoms with van der Waals surface area (Å²) in [7, 11) is 0. The highest BCUT2D eigenvalue weighted by atomic mass is 32.1. The molecule has 0 aliphatic rings. The van der Waals surface area contributed by atoms with Crippen molar-refractivity contribution in [3.8, 4) is 33.9 Å². The minimum atomic E-state index is 0.738. The highest BCUT2D eigenvalue weighted by Crippen LogP contribution is 2.29. The molecular formula is C16H12N6S. The van der Waals surface area contributed by atoms with E-state index in [4.69, 9.17) is 0 Å². The van der Waals surface area contributed by atoms with Crippen molar-refractivity contribution >= 4 is 11.7 Å². The van der Waals surface area contributed by atoms with Gasteiger partial charge in [0.05, 0.1) is 23.6 Å². The van der Waals surface area contributed by atoms with Crippen LogP contribution < -0.4 is 0 Å². The van der Waals surface area contributed by atoms with Crippen molar-refractivity contribution < 1.29 is 0 Å². The molecule has 3 heterocycles. The van der Waals surface area contributed by atoms with Crippen molar-refractivity contribution in [1.29, 1.82) is 0 Å². The second-order valence-corrected chi connectivity index (χ2v) is 5.62. The number of rotatable bonds is 3. The van der Waals surface area contributed by atoms with E-state index in [9.17, 15) is 0 Å². The molecule has 0 atom stereocenters. The molecule has 6 nitrogen and oxygen atoms in total. The summed E-state index contributed by atoms with van der Waals surface area (Å²) in [6, 6.07) is 13.9. The number of aromatic nitrogens is 6. The molecule has 0 spiro atoms. The van der Waals surface area contributed by atoms with Gasteiger partial charge in [0, 0.05) is 16.8 Å². The number of nitrogens with one attached hydrogen (secondary N) is 1. The summed E-state index contributed by atoms with van der Waals surface area (Å²) in [5.41, 5.74) is 6.07. The van der Waals surface area contributed by atoms with E-state index in [0.29, 0.717) is 0 Å². The zero-order chi connectivity index (χ0) is 15.6. The molecule has 4 aromatic rings. The lowest BCUT2D eigenvalue weighted by Gasteiger charge is -2.03. The van der Waals surface area contributed by atoms with Crippen LogP contribution in [0.25, 0.3) is 33.9 Å². The Balaban J connectivity index is 1.81. The minimum Gasteiger partial charge on any atom is -0.251 e. The smallest absolute Gasteiger partial charge is 0.139 e. The molecule has 0 saturated carbocycles. The van der Waals surface area contributed by atoms with Gasteiger partial charge in [-0.3, -0.25) is 4.98 Å². The van der Waals surface area contributed by atoms with Crippen LogP contribution in [0, 0.1) is 6.92 Å². The van der Waals surface area contributed by atoms with Gasteiger partial charge >= 0.3 is 0 Å². The molecule has 3 aromatic heterocycles. The first-order chi connectivity index (χ1) is 11.3. The van der Waals surface area contributed by atoms with Crippen molar-refractivity contribution in [2.24, 2.45) is 0 Å². The normalized spacial score (nSPS) is 10.8. The van der Waals surface area contributed by atoms with Crippen LogP contribution in [0.2, 0.25) is 0 Å². The Morgan fingerprint density at radius 3 is 2.57 bits per heavy atom. The fraction of sp³-hybridized carbons (Fsp3) is 0.0625. The number of pyridine rings is 1. The number of hydrogen-bond donors (Lipinski definition) is 1. The number of aromatic amines is 1. The summed E-state index contributed by atoms with van der Waals surface area (Å²) in [5, 5.41) is 11.3. The second kappa shape index (κ2) is 5.69. The summed E-state index contributed by atoms with van der Waals surface area (Å²) in [6.45, 7) is 1.96. The highest BCUT2D eigenvalue weighted by Gasteiger charge is 2.14. The molecule has 1 N–H and O–H groups in total. The number of hydrogen-bond acceptors (Lipinski definition) is 6. The van der Waals surface area contributed by atoms with Crippen molar-refractivity contribution in [1.82, 2.24) is 29.1 Å². The lowest BCUT2D eigenvalue weighted by atomic mass is 10.0. The maximum Gasteiger partial charge on any atom is 0.139 e. The van der Waals surface area contributed by atoms with E-state index in [1.165, 1.54) is 11.7 Å². The van der Waals surface area contributed by atoms with E-state index in [1.807, 2.05) is 49.4 Å². The SMILES string of the molecule is Cc1cccc(-c2n[nH]nc2-c2cccc(-c3cnsn3)c2)n1. The third-order valence-electron chi connectivity index (χ3n) is 3.47. The Kier molecular flexibility index (Phi) is 3.39. The molecule has 112 valence electrons. The second-order valence-electron chi connectivity index (χ2n) is 5.06. The van der Waals surface area contributed by atoms with Crippen LogP contribution in [0.1, 0.15) is 5.69 Å². The fourth-order valence-corrected chi connectivity index (χ4v) is 2.84. The molecule has 0 bridgehead atoms. The number of aryl methyl sites for hydroxylation is 1. The van der Waals surface area contributed by atoms with Gasteiger partial charge in [-0.25, -0.2) is 0 Å². The molecule has 1 aromatic carbocycles. The third-order valence-corrected chi connectivity index (χ3v) is 3.95. The predicted octanol–water partition coefficient (Wildman–Crippen LogP) is 3.36. The molecule has 0 unspecified atom stereocenters. The first-order valence-electron chi connectivity index (χ1n) is 7.04. The van der Waals surface area contributed by atoms with Gasteiger partial charge in [-0.2, -0.15) is 24.2 Å². The topological polar surface area (TPSA) is 80.2 Å².